The molecule has 0 spiro atoms. The maximum Gasteiger partial charge on any atom is 0.336 e. The second kappa shape index (κ2) is 7.35. The summed E-state index contributed by atoms with van der Waals surface area (Å²) in [5.74, 6) is -0.634. The van der Waals surface area contributed by atoms with Crippen molar-refractivity contribution in [3.05, 3.63) is 88.3 Å². The number of fused-ring (bicyclic) bond motifs is 1. The van der Waals surface area contributed by atoms with E-state index in [1.54, 1.807) is 41.1 Å². The normalized spacial score (nSPS) is 11.2. The lowest BCUT2D eigenvalue weighted by Crippen LogP contribution is -2.15. The molecule has 1 amide bonds. The van der Waals surface area contributed by atoms with E-state index in [0.29, 0.717) is 27.9 Å². The van der Waals surface area contributed by atoms with Gasteiger partial charge in [0.05, 0.1) is 23.1 Å². The number of amides is 1. The molecule has 1 N–H and O–H groups in total. The van der Waals surface area contributed by atoms with Crippen LogP contribution < -0.4 is 10.9 Å². The summed E-state index contributed by atoms with van der Waals surface area (Å²) in [5.41, 5.74) is 2.42. The monoisotopic (exact) mass is 391 g/mol. The summed E-state index contributed by atoms with van der Waals surface area (Å²) in [6.07, 6.45) is 1.51. The van der Waals surface area contributed by atoms with Gasteiger partial charge in [-0.1, -0.05) is 13.8 Å². The summed E-state index contributed by atoms with van der Waals surface area (Å²) in [6.45, 7) is 3.93. The Kier molecular flexibility index (Phi) is 4.72. The van der Waals surface area contributed by atoms with Crippen molar-refractivity contribution in [3.63, 3.8) is 0 Å². The number of rotatable bonds is 4. The number of nitrogens with one attached hydrogen (secondary N) is 1. The third-order valence-corrected chi connectivity index (χ3v) is 4.55. The van der Waals surface area contributed by atoms with Gasteiger partial charge in [-0.15, -0.1) is 0 Å². The van der Waals surface area contributed by atoms with Crippen molar-refractivity contribution in [2.75, 3.05) is 5.32 Å². The van der Waals surface area contributed by atoms with Crippen LogP contribution in [0.2, 0.25) is 0 Å². The molecule has 7 heteroatoms. The van der Waals surface area contributed by atoms with E-state index in [-0.39, 0.29) is 17.6 Å². The lowest BCUT2D eigenvalue weighted by Gasteiger charge is -2.13. The largest absolute Gasteiger partial charge is 0.423 e. The lowest BCUT2D eigenvalue weighted by atomic mass is 10.0. The fraction of sp³-hybridized carbons (Fsp3) is 0.136. The fourth-order valence-electron chi connectivity index (χ4n) is 3.22. The molecular weight excluding hydrogens is 373 g/mol. The van der Waals surface area contributed by atoms with Gasteiger partial charge < -0.3 is 9.73 Å². The molecule has 2 heterocycles. The molecule has 146 valence electrons. The summed E-state index contributed by atoms with van der Waals surface area (Å²) in [4.78, 5) is 24.2. The van der Waals surface area contributed by atoms with Crippen LogP contribution >= 0.6 is 0 Å². The van der Waals surface area contributed by atoms with Gasteiger partial charge in [0.2, 0.25) is 0 Å². The zero-order chi connectivity index (χ0) is 20.5. The summed E-state index contributed by atoms with van der Waals surface area (Å²) >= 11 is 0. The van der Waals surface area contributed by atoms with Gasteiger partial charge in [0.25, 0.3) is 5.91 Å². The van der Waals surface area contributed by atoms with Gasteiger partial charge in [-0.05, 0) is 54.4 Å². The maximum atomic E-state index is 13.3. The van der Waals surface area contributed by atoms with Gasteiger partial charge in [-0.25, -0.2) is 13.9 Å². The van der Waals surface area contributed by atoms with Gasteiger partial charge in [0, 0.05) is 17.1 Å². The standard InChI is InChI=1S/C22H18FN3O3/c1-13(2)21-18(12-24-26(21)17-7-4-15(23)5-8-17)22(28)25-16-6-9-19-14(11-16)3-10-20(27)29-19/h3-13H,1-2H3,(H,25,28). The molecule has 0 aliphatic carbocycles. The summed E-state index contributed by atoms with van der Waals surface area (Å²) < 4.78 is 20.0. The summed E-state index contributed by atoms with van der Waals surface area (Å²) in [6, 6.07) is 14.0. The van der Waals surface area contributed by atoms with Crippen LogP contribution in [0.15, 0.2) is 70.0 Å². The Morgan fingerprint density at radius 1 is 1.10 bits per heavy atom. The number of carbonyl (C=O) groups excluding carboxylic acids is 1. The van der Waals surface area contributed by atoms with Crippen LogP contribution in [0.5, 0.6) is 0 Å². The highest BCUT2D eigenvalue weighted by Gasteiger charge is 2.21. The van der Waals surface area contributed by atoms with Gasteiger partial charge in [0.1, 0.15) is 11.4 Å². The molecule has 0 atom stereocenters. The Labute approximate surface area is 165 Å². The van der Waals surface area contributed by atoms with E-state index in [2.05, 4.69) is 10.4 Å². The van der Waals surface area contributed by atoms with E-state index in [1.807, 2.05) is 13.8 Å². The Morgan fingerprint density at radius 2 is 1.86 bits per heavy atom. The first kappa shape index (κ1) is 18.6. The number of halogens is 1. The Balaban J connectivity index is 1.67. The predicted molar refractivity (Wildman–Crippen MR) is 108 cm³/mol. The molecule has 6 nitrogen and oxygen atoms in total. The third-order valence-electron chi connectivity index (χ3n) is 4.55. The van der Waals surface area contributed by atoms with Crippen molar-refractivity contribution in [1.29, 1.82) is 0 Å². The molecule has 0 aliphatic heterocycles. The molecule has 4 aromatic rings. The molecular formula is C22H18FN3O3. The average Bonchev–Trinajstić information content (AvgIpc) is 3.14. The SMILES string of the molecule is CC(C)c1c(C(=O)Nc2ccc3oc(=O)ccc3c2)cnn1-c1ccc(F)cc1. The Bertz CT molecular complexity index is 1260. The third kappa shape index (κ3) is 3.67. The van der Waals surface area contributed by atoms with E-state index in [4.69, 9.17) is 4.42 Å². The molecule has 0 saturated heterocycles. The molecule has 2 aromatic carbocycles. The van der Waals surface area contributed by atoms with Crippen LogP contribution in [0.3, 0.4) is 0 Å². The van der Waals surface area contributed by atoms with Crippen LogP contribution in [-0.2, 0) is 0 Å². The van der Waals surface area contributed by atoms with Crippen molar-refractivity contribution in [2.45, 2.75) is 19.8 Å². The van der Waals surface area contributed by atoms with Gasteiger partial charge in [0.15, 0.2) is 0 Å². The van der Waals surface area contributed by atoms with Crippen molar-refractivity contribution >= 4 is 22.6 Å². The van der Waals surface area contributed by atoms with Crippen molar-refractivity contribution < 1.29 is 13.6 Å². The smallest absolute Gasteiger partial charge is 0.336 e. The highest BCUT2D eigenvalue weighted by atomic mass is 19.1. The fourth-order valence-corrected chi connectivity index (χ4v) is 3.22. The van der Waals surface area contributed by atoms with Gasteiger partial charge >= 0.3 is 5.63 Å². The van der Waals surface area contributed by atoms with Crippen molar-refractivity contribution in [2.24, 2.45) is 0 Å². The molecule has 0 fully saturated rings. The van der Waals surface area contributed by atoms with Crippen LogP contribution in [0, 0.1) is 5.82 Å². The molecule has 0 radical (unpaired) electrons. The number of hydrogen-bond acceptors (Lipinski definition) is 4. The second-order valence-electron chi connectivity index (χ2n) is 6.95. The van der Waals surface area contributed by atoms with E-state index < -0.39 is 5.63 Å². The lowest BCUT2D eigenvalue weighted by molar-refractivity contribution is 0.102. The minimum Gasteiger partial charge on any atom is -0.423 e. The van der Waals surface area contributed by atoms with Gasteiger partial charge in [-0.3, -0.25) is 4.79 Å². The first-order valence-corrected chi connectivity index (χ1v) is 9.11. The zero-order valence-electron chi connectivity index (χ0n) is 15.8. The van der Waals surface area contributed by atoms with Crippen LogP contribution in [0.4, 0.5) is 10.1 Å². The minimum atomic E-state index is -0.427. The second-order valence-corrected chi connectivity index (χ2v) is 6.95. The molecule has 0 unspecified atom stereocenters. The number of aromatic nitrogens is 2. The van der Waals surface area contributed by atoms with E-state index >= 15 is 0 Å². The minimum absolute atomic E-state index is 0.00850. The van der Waals surface area contributed by atoms with Gasteiger partial charge in [-0.2, -0.15) is 5.10 Å². The topological polar surface area (TPSA) is 77.1 Å². The molecule has 4 rings (SSSR count). The number of hydrogen-bond donors (Lipinski definition) is 1. The number of benzene rings is 2. The van der Waals surface area contributed by atoms with Crippen LogP contribution in [-0.4, -0.2) is 15.7 Å². The Hall–Kier alpha value is -3.74. The van der Waals surface area contributed by atoms with Crippen molar-refractivity contribution in [3.8, 4) is 5.69 Å². The molecule has 0 bridgehead atoms. The molecule has 2 aromatic heterocycles. The first-order valence-electron chi connectivity index (χ1n) is 9.11. The van der Waals surface area contributed by atoms with Crippen LogP contribution in [0.25, 0.3) is 16.7 Å². The number of carbonyl (C=O) groups is 1. The molecule has 0 saturated carbocycles. The molecule has 29 heavy (non-hydrogen) atoms. The summed E-state index contributed by atoms with van der Waals surface area (Å²) in [7, 11) is 0. The maximum absolute atomic E-state index is 13.3. The Morgan fingerprint density at radius 3 is 2.59 bits per heavy atom. The highest BCUT2D eigenvalue weighted by Crippen LogP contribution is 2.25. The van der Waals surface area contributed by atoms with Crippen LogP contribution in [0.1, 0.15) is 35.8 Å². The van der Waals surface area contributed by atoms with E-state index in [1.165, 1.54) is 24.4 Å². The number of nitrogens with zero attached hydrogens (tertiary/aromatic N) is 2. The van der Waals surface area contributed by atoms with E-state index in [0.717, 1.165) is 5.69 Å². The van der Waals surface area contributed by atoms with E-state index in [9.17, 15) is 14.0 Å². The zero-order valence-corrected chi connectivity index (χ0v) is 15.8. The quantitative estimate of drug-likeness (QED) is 0.520. The predicted octanol–water partition coefficient (Wildman–Crippen LogP) is 4.49. The molecule has 0 aliphatic rings. The summed E-state index contributed by atoms with van der Waals surface area (Å²) in [5, 5.41) is 7.91. The first-order chi connectivity index (χ1) is 13.9. The average molecular weight is 391 g/mol. The number of anilines is 1. The highest BCUT2D eigenvalue weighted by molar-refractivity contribution is 6.05. The van der Waals surface area contributed by atoms with Crippen molar-refractivity contribution in [1.82, 2.24) is 9.78 Å².